The van der Waals surface area contributed by atoms with Gasteiger partial charge in [0.05, 0.1) is 8.07 Å². The molecular weight excluding hydrogens is 167 g/mol. The van der Waals surface area contributed by atoms with Crippen LogP contribution in [0.5, 0.6) is 0 Å². The van der Waals surface area contributed by atoms with E-state index in [-0.39, 0.29) is 7.12 Å². The van der Waals surface area contributed by atoms with Crippen molar-refractivity contribution in [1.82, 2.24) is 0 Å². The molecule has 4 heteroatoms. The van der Waals surface area contributed by atoms with Gasteiger partial charge in [0.25, 0.3) is 0 Å². The van der Waals surface area contributed by atoms with Gasteiger partial charge in [-0.2, -0.15) is 0 Å². The molecule has 0 unspecified atom stereocenters. The molecule has 0 aromatic heterocycles. The van der Waals surface area contributed by atoms with Crippen molar-refractivity contribution in [3.8, 4) is 0 Å². The lowest BCUT2D eigenvalue weighted by atomic mass is 9.85. The molecule has 0 rings (SSSR count). The van der Waals surface area contributed by atoms with Gasteiger partial charge in [0, 0.05) is 14.2 Å². The second-order valence-corrected chi connectivity index (χ2v) is 8.97. The van der Waals surface area contributed by atoms with Crippen molar-refractivity contribution in [2.45, 2.75) is 26.0 Å². The van der Waals surface area contributed by atoms with E-state index in [4.69, 9.17) is 9.31 Å². The van der Waals surface area contributed by atoms with Crippen LogP contribution < -0.4 is 0 Å². The Balaban J connectivity index is 3.73. The predicted molar refractivity (Wildman–Crippen MR) is 57.1 cm³/mol. The maximum atomic E-state index is 5.06. The predicted octanol–water partition coefficient (Wildman–Crippen LogP) is 2.20. The van der Waals surface area contributed by atoms with E-state index in [1.54, 1.807) is 14.2 Å². The van der Waals surface area contributed by atoms with Crippen LogP contribution in [0, 0.1) is 0 Å². The maximum absolute atomic E-state index is 5.06. The molecule has 0 saturated carbocycles. The van der Waals surface area contributed by atoms with Gasteiger partial charge in [-0.05, 0) is 6.32 Å². The van der Waals surface area contributed by atoms with Gasteiger partial charge in [-0.25, -0.2) is 0 Å². The Morgan fingerprint density at radius 1 is 1.17 bits per heavy atom. The summed E-state index contributed by atoms with van der Waals surface area (Å²) in [7, 11) is 2.20. The van der Waals surface area contributed by atoms with Gasteiger partial charge < -0.3 is 9.31 Å². The third-order valence-corrected chi connectivity index (χ3v) is 2.71. The van der Waals surface area contributed by atoms with Crippen LogP contribution in [0.3, 0.4) is 0 Å². The van der Waals surface area contributed by atoms with E-state index in [0.29, 0.717) is 0 Å². The van der Waals surface area contributed by atoms with E-state index >= 15 is 0 Å². The van der Waals surface area contributed by atoms with Crippen molar-refractivity contribution in [2.75, 3.05) is 14.2 Å². The molecule has 0 aliphatic carbocycles. The number of hydrogen-bond donors (Lipinski definition) is 0. The first kappa shape index (κ1) is 11.9. The van der Waals surface area contributed by atoms with Gasteiger partial charge in [-0.1, -0.05) is 31.4 Å². The van der Waals surface area contributed by atoms with Gasteiger partial charge in [0.2, 0.25) is 0 Å². The zero-order chi connectivity index (χ0) is 9.61. The molecule has 2 nitrogen and oxygen atoms in total. The molecule has 0 fully saturated rings. The molecule has 0 aromatic rings. The van der Waals surface area contributed by atoms with Gasteiger partial charge in [-0.3, -0.25) is 0 Å². The highest BCUT2D eigenvalue weighted by molar-refractivity contribution is 6.81. The van der Waals surface area contributed by atoms with Crippen LogP contribution >= 0.6 is 0 Å². The topological polar surface area (TPSA) is 18.5 Å². The second-order valence-electron chi connectivity index (χ2n) is 3.91. The molecule has 0 aromatic carbocycles. The maximum Gasteiger partial charge on any atom is 0.460 e. The lowest BCUT2D eigenvalue weighted by Gasteiger charge is -2.09. The SMILES string of the molecule is COB(CC=C[Si](C)(C)C)OC. The molecule has 12 heavy (non-hydrogen) atoms. The fraction of sp³-hybridized carbons (Fsp3) is 0.750. The summed E-state index contributed by atoms with van der Waals surface area (Å²) in [6.07, 6.45) is 3.00. The number of rotatable bonds is 5. The Labute approximate surface area is 77.1 Å². The van der Waals surface area contributed by atoms with Crippen LogP contribution in [0.15, 0.2) is 11.8 Å². The molecule has 0 radical (unpaired) electrons. The molecule has 70 valence electrons. The summed E-state index contributed by atoms with van der Waals surface area (Å²) in [4.78, 5) is 0. The highest BCUT2D eigenvalue weighted by Gasteiger charge is 2.12. The van der Waals surface area contributed by atoms with Gasteiger partial charge in [0.1, 0.15) is 0 Å². The minimum Gasteiger partial charge on any atom is -0.414 e. The number of hydrogen-bond acceptors (Lipinski definition) is 2. The summed E-state index contributed by atoms with van der Waals surface area (Å²) in [6.45, 7) is 6.91. The first-order valence-electron chi connectivity index (χ1n) is 4.23. The fourth-order valence-electron chi connectivity index (χ4n) is 0.821. The van der Waals surface area contributed by atoms with E-state index in [1.165, 1.54) is 0 Å². The van der Waals surface area contributed by atoms with Crippen molar-refractivity contribution in [3.05, 3.63) is 11.8 Å². The summed E-state index contributed by atoms with van der Waals surface area (Å²) >= 11 is 0. The molecular formula is C8H19BO2Si. The largest absolute Gasteiger partial charge is 0.460 e. The Morgan fingerprint density at radius 3 is 2.00 bits per heavy atom. The van der Waals surface area contributed by atoms with E-state index in [2.05, 4.69) is 31.4 Å². The summed E-state index contributed by atoms with van der Waals surface area (Å²) in [6, 6.07) is 0. The summed E-state index contributed by atoms with van der Waals surface area (Å²) < 4.78 is 10.1. The zero-order valence-corrected chi connectivity index (χ0v) is 9.76. The monoisotopic (exact) mass is 186 g/mol. The van der Waals surface area contributed by atoms with Gasteiger partial charge in [0.15, 0.2) is 0 Å². The Bertz CT molecular complexity index is 138. The molecule has 0 saturated heterocycles. The smallest absolute Gasteiger partial charge is 0.414 e. The molecule has 0 atom stereocenters. The van der Waals surface area contributed by atoms with Crippen molar-refractivity contribution in [3.63, 3.8) is 0 Å². The first-order valence-corrected chi connectivity index (χ1v) is 7.80. The van der Waals surface area contributed by atoms with Crippen molar-refractivity contribution in [1.29, 1.82) is 0 Å². The van der Waals surface area contributed by atoms with Crippen LogP contribution in [0.1, 0.15) is 0 Å². The molecule has 0 N–H and O–H groups in total. The normalized spacial score (nSPS) is 12.4. The van der Waals surface area contributed by atoms with Crippen LogP contribution in [0.2, 0.25) is 26.0 Å². The lowest BCUT2D eigenvalue weighted by Crippen LogP contribution is -2.19. The minimum absolute atomic E-state index is 0.0856. The lowest BCUT2D eigenvalue weighted by molar-refractivity contribution is 0.281. The molecule has 0 bridgehead atoms. The standard InChI is InChI=1S/C8H19BO2Si/c1-10-9(11-2)7-6-8-12(3,4)5/h6,8H,7H2,1-5H3. The first-order chi connectivity index (χ1) is 5.49. The van der Waals surface area contributed by atoms with Crippen molar-refractivity contribution in [2.24, 2.45) is 0 Å². The Kier molecular flexibility index (Phi) is 5.54. The average Bonchev–Trinajstić information content (AvgIpc) is 1.96. The van der Waals surface area contributed by atoms with Crippen molar-refractivity contribution < 1.29 is 9.31 Å². The third kappa shape index (κ3) is 6.64. The van der Waals surface area contributed by atoms with Crippen LogP contribution in [-0.4, -0.2) is 29.4 Å². The molecule has 0 spiro atoms. The van der Waals surface area contributed by atoms with Crippen LogP contribution in [-0.2, 0) is 9.31 Å². The van der Waals surface area contributed by atoms with Crippen LogP contribution in [0.25, 0.3) is 0 Å². The fourth-order valence-corrected chi connectivity index (χ4v) is 1.66. The van der Waals surface area contributed by atoms with E-state index in [0.717, 1.165) is 6.32 Å². The van der Waals surface area contributed by atoms with Crippen molar-refractivity contribution >= 4 is 15.2 Å². The van der Waals surface area contributed by atoms with Gasteiger partial charge in [-0.15, -0.1) is 0 Å². The van der Waals surface area contributed by atoms with E-state index in [9.17, 15) is 0 Å². The zero-order valence-electron chi connectivity index (χ0n) is 8.76. The van der Waals surface area contributed by atoms with E-state index in [1.807, 2.05) is 0 Å². The quantitative estimate of drug-likeness (QED) is 0.613. The van der Waals surface area contributed by atoms with Crippen LogP contribution in [0.4, 0.5) is 0 Å². The Morgan fingerprint density at radius 2 is 1.67 bits per heavy atom. The molecule has 0 amide bonds. The summed E-state index contributed by atoms with van der Waals surface area (Å²) in [5.74, 6) is 0. The van der Waals surface area contributed by atoms with E-state index < -0.39 is 8.07 Å². The Hall–Kier alpha value is -0.0582. The average molecular weight is 186 g/mol. The second kappa shape index (κ2) is 5.56. The minimum atomic E-state index is -1.04. The summed E-state index contributed by atoms with van der Waals surface area (Å²) in [5.41, 5.74) is 2.30. The number of allylic oxidation sites excluding steroid dienone is 1. The summed E-state index contributed by atoms with van der Waals surface area (Å²) in [5, 5.41) is 0. The highest BCUT2D eigenvalue weighted by Crippen LogP contribution is 2.04. The third-order valence-electron chi connectivity index (χ3n) is 1.47. The highest BCUT2D eigenvalue weighted by atomic mass is 28.3. The molecule has 0 heterocycles. The molecule has 0 aliphatic heterocycles. The van der Waals surface area contributed by atoms with Gasteiger partial charge >= 0.3 is 7.12 Å². The molecule has 0 aliphatic rings.